The number of carbonyl (C=O) groups excluding carboxylic acids is 2. The second-order valence-electron chi connectivity index (χ2n) is 10.2. The molecule has 4 heterocycles. The zero-order valence-electron chi connectivity index (χ0n) is 22.1. The average molecular weight is 639 g/mol. The van der Waals surface area contributed by atoms with Crippen molar-refractivity contribution in [1.29, 1.82) is 0 Å². The predicted molar refractivity (Wildman–Crippen MR) is 148 cm³/mol. The van der Waals surface area contributed by atoms with Gasteiger partial charge < -0.3 is 21.3 Å². The first-order valence-corrected chi connectivity index (χ1v) is 14.8. The standard InChI is InChI=1S/C24H28F6N8O2S2/c25-23(26,27)7-13-9-31-1-3-37(13)11-19(39)35-21-33-15-5-16-18(6-17(15)41-21)42-22(34-16)36-20(40)12-38-4-2-32-10-14(38)8-24(28,29)30/h5-6,13-14,31-32H,1-4,7-12H2,(H,33,35,39)(H,34,36,40). The first kappa shape index (κ1) is 30.8. The number of amides is 2. The van der Waals surface area contributed by atoms with Crippen LogP contribution in [0.2, 0.25) is 0 Å². The zero-order valence-corrected chi connectivity index (χ0v) is 23.7. The summed E-state index contributed by atoms with van der Waals surface area (Å²) in [4.78, 5) is 37.1. The smallest absolute Gasteiger partial charge is 0.314 e. The average Bonchev–Trinajstić information content (AvgIpc) is 3.44. The van der Waals surface area contributed by atoms with Crippen molar-refractivity contribution in [1.82, 2.24) is 30.4 Å². The number of piperazine rings is 2. The minimum Gasteiger partial charge on any atom is -0.314 e. The maximum Gasteiger partial charge on any atom is 0.390 e. The van der Waals surface area contributed by atoms with Gasteiger partial charge in [-0.2, -0.15) is 26.3 Å². The number of halogens is 6. The number of carbonyl (C=O) groups is 2. The summed E-state index contributed by atoms with van der Waals surface area (Å²) in [5, 5.41) is 11.8. The van der Waals surface area contributed by atoms with Crippen LogP contribution in [-0.2, 0) is 9.59 Å². The number of nitrogens with zero attached hydrogens (tertiary/aromatic N) is 4. The molecule has 18 heteroatoms. The predicted octanol–water partition coefficient (Wildman–Crippen LogP) is 3.24. The monoisotopic (exact) mass is 638 g/mol. The molecule has 0 radical (unpaired) electrons. The van der Waals surface area contributed by atoms with Crippen molar-refractivity contribution in [3.05, 3.63) is 12.1 Å². The van der Waals surface area contributed by atoms with E-state index >= 15 is 0 Å². The van der Waals surface area contributed by atoms with Gasteiger partial charge in [0, 0.05) is 51.4 Å². The molecule has 2 aromatic heterocycles. The number of nitrogens with one attached hydrogen (secondary N) is 4. The highest BCUT2D eigenvalue weighted by atomic mass is 32.1. The SMILES string of the molecule is O=C(CN1CCNCC1CC(F)(F)F)Nc1nc2cc3nc(NC(=O)CN4CCNCC4CC(F)(F)F)sc3cc2s1. The second-order valence-corrected chi connectivity index (χ2v) is 12.3. The Hall–Kier alpha value is -2.64. The van der Waals surface area contributed by atoms with E-state index in [4.69, 9.17) is 0 Å². The van der Waals surface area contributed by atoms with Gasteiger partial charge in [0.2, 0.25) is 11.8 Å². The summed E-state index contributed by atoms with van der Waals surface area (Å²) in [5.41, 5.74) is 1.08. The van der Waals surface area contributed by atoms with Gasteiger partial charge in [-0.25, -0.2) is 9.97 Å². The molecule has 2 unspecified atom stereocenters. The lowest BCUT2D eigenvalue weighted by Gasteiger charge is -2.35. The molecule has 4 N–H and O–H groups in total. The molecule has 2 amide bonds. The van der Waals surface area contributed by atoms with Crippen molar-refractivity contribution in [3.8, 4) is 0 Å². The highest BCUT2D eigenvalue weighted by Crippen LogP contribution is 2.34. The summed E-state index contributed by atoms with van der Waals surface area (Å²) >= 11 is 2.40. The molecule has 230 valence electrons. The van der Waals surface area contributed by atoms with Crippen LogP contribution in [-0.4, -0.2) is 108 Å². The van der Waals surface area contributed by atoms with Gasteiger partial charge in [0.15, 0.2) is 10.3 Å². The van der Waals surface area contributed by atoms with Crippen molar-refractivity contribution in [2.75, 3.05) is 63.0 Å². The van der Waals surface area contributed by atoms with Crippen LogP contribution in [0.3, 0.4) is 0 Å². The van der Waals surface area contributed by atoms with Crippen LogP contribution in [0.25, 0.3) is 20.4 Å². The first-order valence-electron chi connectivity index (χ1n) is 13.2. The third kappa shape index (κ3) is 8.25. The lowest BCUT2D eigenvalue weighted by Crippen LogP contribution is -2.54. The molecule has 0 bridgehead atoms. The molecule has 2 saturated heterocycles. The van der Waals surface area contributed by atoms with Gasteiger partial charge in [-0.05, 0) is 12.1 Å². The largest absolute Gasteiger partial charge is 0.390 e. The Labute approximate surface area is 243 Å². The number of benzene rings is 1. The fourth-order valence-corrected chi connectivity index (χ4v) is 6.98. The lowest BCUT2D eigenvalue weighted by atomic mass is 10.1. The van der Waals surface area contributed by atoms with Gasteiger partial charge in [-0.3, -0.25) is 19.4 Å². The number of fused-ring (bicyclic) bond motifs is 2. The van der Waals surface area contributed by atoms with E-state index in [-0.39, 0.29) is 26.2 Å². The topological polar surface area (TPSA) is 115 Å². The quantitative estimate of drug-likeness (QED) is 0.278. The van der Waals surface area contributed by atoms with E-state index in [9.17, 15) is 35.9 Å². The Kier molecular flexibility index (Phi) is 9.19. The minimum absolute atomic E-state index is 0.147. The van der Waals surface area contributed by atoms with Crippen LogP contribution in [0.4, 0.5) is 36.6 Å². The van der Waals surface area contributed by atoms with Crippen LogP contribution in [0.1, 0.15) is 12.8 Å². The number of alkyl halides is 6. The Morgan fingerprint density at radius 3 is 1.62 bits per heavy atom. The number of hydrogen-bond donors (Lipinski definition) is 4. The van der Waals surface area contributed by atoms with Crippen molar-refractivity contribution < 1.29 is 35.9 Å². The fourth-order valence-electron chi connectivity index (χ4n) is 5.10. The molecule has 2 aliphatic rings. The molecule has 10 nitrogen and oxygen atoms in total. The molecule has 2 atom stereocenters. The second kappa shape index (κ2) is 12.5. The summed E-state index contributed by atoms with van der Waals surface area (Å²) in [7, 11) is 0. The van der Waals surface area contributed by atoms with E-state index in [2.05, 4.69) is 31.2 Å². The summed E-state index contributed by atoms with van der Waals surface area (Å²) in [6.07, 6.45) is -10.7. The maximum absolute atomic E-state index is 12.9. The van der Waals surface area contributed by atoms with Gasteiger partial charge in [0.05, 0.1) is 46.4 Å². The van der Waals surface area contributed by atoms with Crippen LogP contribution in [0.5, 0.6) is 0 Å². The summed E-state index contributed by atoms with van der Waals surface area (Å²) < 4.78 is 79.0. The van der Waals surface area contributed by atoms with E-state index in [0.717, 1.165) is 9.40 Å². The Balaban J connectivity index is 1.20. The highest BCUT2D eigenvalue weighted by molar-refractivity contribution is 7.24. The van der Waals surface area contributed by atoms with Gasteiger partial charge >= 0.3 is 12.4 Å². The highest BCUT2D eigenvalue weighted by Gasteiger charge is 2.37. The third-order valence-corrected chi connectivity index (χ3v) is 8.83. The van der Waals surface area contributed by atoms with E-state index < -0.39 is 49.1 Å². The van der Waals surface area contributed by atoms with E-state index in [1.165, 1.54) is 32.5 Å². The molecule has 2 aliphatic heterocycles. The van der Waals surface area contributed by atoms with E-state index in [1.807, 2.05) is 0 Å². The van der Waals surface area contributed by atoms with Gasteiger partial charge in [-0.15, -0.1) is 0 Å². The van der Waals surface area contributed by atoms with Crippen molar-refractivity contribution in [3.63, 3.8) is 0 Å². The Morgan fingerprint density at radius 1 is 0.786 bits per heavy atom. The number of thiazole rings is 2. The third-order valence-electron chi connectivity index (χ3n) is 6.96. The normalized spacial score (nSPS) is 21.2. The van der Waals surface area contributed by atoms with Gasteiger partial charge in [0.1, 0.15) is 0 Å². The number of aromatic nitrogens is 2. The molecule has 0 spiro atoms. The number of hydrogen-bond acceptors (Lipinski definition) is 10. The molecule has 0 saturated carbocycles. The van der Waals surface area contributed by atoms with Crippen molar-refractivity contribution in [2.24, 2.45) is 0 Å². The minimum atomic E-state index is -4.33. The number of rotatable bonds is 8. The lowest BCUT2D eigenvalue weighted by molar-refractivity contribution is -0.150. The molecule has 3 aromatic rings. The van der Waals surface area contributed by atoms with Crippen molar-refractivity contribution >= 4 is 65.2 Å². The zero-order chi connectivity index (χ0) is 30.1. The Morgan fingerprint density at radius 2 is 1.21 bits per heavy atom. The summed E-state index contributed by atoms with van der Waals surface area (Å²) in [6, 6.07) is 1.83. The van der Waals surface area contributed by atoms with Crippen LogP contribution in [0.15, 0.2) is 12.1 Å². The van der Waals surface area contributed by atoms with E-state index in [0.29, 0.717) is 47.5 Å². The molecule has 1 aromatic carbocycles. The summed E-state index contributed by atoms with van der Waals surface area (Å²) in [6.45, 7) is 1.53. The molecular formula is C24H28F6N8O2S2. The molecule has 0 aliphatic carbocycles. The summed E-state index contributed by atoms with van der Waals surface area (Å²) in [5.74, 6) is -0.926. The van der Waals surface area contributed by atoms with Gasteiger partial charge in [0.25, 0.3) is 0 Å². The Bertz CT molecular complexity index is 1270. The molecule has 2 fully saturated rings. The number of anilines is 2. The van der Waals surface area contributed by atoms with Crippen LogP contribution >= 0.6 is 22.7 Å². The molecule has 5 rings (SSSR count). The first-order chi connectivity index (χ1) is 19.8. The van der Waals surface area contributed by atoms with Crippen LogP contribution < -0.4 is 21.3 Å². The molecule has 42 heavy (non-hydrogen) atoms. The van der Waals surface area contributed by atoms with E-state index in [1.54, 1.807) is 12.1 Å². The fraction of sp³-hybridized carbons (Fsp3) is 0.583. The van der Waals surface area contributed by atoms with Crippen molar-refractivity contribution in [2.45, 2.75) is 37.3 Å². The maximum atomic E-state index is 12.9. The van der Waals surface area contributed by atoms with Crippen LogP contribution in [0, 0.1) is 0 Å². The van der Waals surface area contributed by atoms with Gasteiger partial charge in [-0.1, -0.05) is 22.7 Å². The molecular weight excluding hydrogens is 610 g/mol.